The summed E-state index contributed by atoms with van der Waals surface area (Å²) in [6, 6.07) is 0. The van der Waals surface area contributed by atoms with Crippen LogP contribution in [0.4, 0.5) is 0 Å². The SMILES string of the molecule is COC(=O)[C@]1(C)[C@@H]2[C@H]3CC[C@@H]4C(=O)[C@]5(C)[C@H]([C@H]2[C@@H]2[C@H]1[C@@H]1CCC[C@@H]1[C@H]25)[C@@H]34. The van der Waals surface area contributed by atoms with Gasteiger partial charge in [0, 0.05) is 11.3 Å². The van der Waals surface area contributed by atoms with Gasteiger partial charge in [-0.05, 0) is 91.8 Å². The van der Waals surface area contributed by atoms with E-state index in [2.05, 4.69) is 13.8 Å². The maximum Gasteiger partial charge on any atom is 0.312 e. The topological polar surface area (TPSA) is 43.4 Å². The molecule has 7 rings (SSSR count). The van der Waals surface area contributed by atoms with Crippen LogP contribution in [0.2, 0.25) is 0 Å². The molecule has 0 saturated heterocycles. The molecule has 26 heavy (non-hydrogen) atoms. The fourth-order valence-electron chi connectivity index (χ4n) is 11.7. The Labute approximate surface area is 155 Å². The quantitative estimate of drug-likeness (QED) is 0.676. The van der Waals surface area contributed by atoms with E-state index in [4.69, 9.17) is 4.74 Å². The molecule has 0 spiro atoms. The monoisotopic (exact) mass is 354 g/mol. The van der Waals surface area contributed by atoms with Crippen molar-refractivity contribution >= 4 is 11.8 Å². The van der Waals surface area contributed by atoms with Crippen molar-refractivity contribution in [2.24, 2.45) is 75.9 Å². The number of carbonyl (C=O) groups is 2. The van der Waals surface area contributed by atoms with Gasteiger partial charge in [-0.3, -0.25) is 9.59 Å². The highest BCUT2D eigenvalue weighted by molar-refractivity contribution is 5.92. The minimum atomic E-state index is -0.291. The lowest BCUT2D eigenvalue weighted by molar-refractivity contribution is -0.160. The fraction of sp³-hybridized carbons (Fsp3) is 0.913. The summed E-state index contributed by atoms with van der Waals surface area (Å²) < 4.78 is 5.48. The number of hydrogen-bond acceptors (Lipinski definition) is 3. The molecular formula is C23H30O3. The molecule has 7 saturated carbocycles. The Kier molecular flexibility index (Phi) is 2.38. The number of fused-ring (bicyclic) bond motifs is 5. The Morgan fingerprint density at radius 1 is 0.885 bits per heavy atom. The Hall–Kier alpha value is -0.860. The number of methoxy groups -OCH3 is 1. The van der Waals surface area contributed by atoms with E-state index in [9.17, 15) is 9.59 Å². The molecule has 0 radical (unpaired) electrons. The van der Waals surface area contributed by atoms with E-state index >= 15 is 0 Å². The number of ether oxygens (including phenoxy) is 1. The second-order valence-corrected chi connectivity index (χ2v) is 11.4. The number of esters is 1. The first-order valence-corrected chi connectivity index (χ1v) is 11.1. The molecule has 7 aliphatic rings. The lowest BCUT2D eigenvalue weighted by atomic mass is 9.64. The molecule has 13 atom stereocenters. The van der Waals surface area contributed by atoms with E-state index in [-0.39, 0.29) is 16.8 Å². The number of ketones is 1. The van der Waals surface area contributed by atoms with Crippen molar-refractivity contribution < 1.29 is 14.3 Å². The summed E-state index contributed by atoms with van der Waals surface area (Å²) in [5.74, 6) is 7.02. The average Bonchev–Trinajstić information content (AvgIpc) is 3.38. The molecule has 0 amide bonds. The second kappa shape index (κ2) is 4.10. The van der Waals surface area contributed by atoms with Gasteiger partial charge in [0.05, 0.1) is 12.5 Å². The predicted molar refractivity (Wildman–Crippen MR) is 94.7 cm³/mol. The van der Waals surface area contributed by atoms with Crippen LogP contribution < -0.4 is 0 Å². The van der Waals surface area contributed by atoms with E-state index in [1.54, 1.807) is 7.11 Å². The summed E-state index contributed by atoms with van der Waals surface area (Å²) in [7, 11) is 1.60. The summed E-state index contributed by atoms with van der Waals surface area (Å²) in [4.78, 5) is 26.9. The van der Waals surface area contributed by atoms with Gasteiger partial charge in [-0.2, -0.15) is 0 Å². The van der Waals surface area contributed by atoms with Gasteiger partial charge in [-0.15, -0.1) is 0 Å². The molecular weight excluding hydrogens is 324 g/mol. The number of Topliss-reactive ketones (excluding diaryl/α,β-unsaturated/α-hetero) is 1. The molecule has 0 aromatic carbocycles. The molecule has 3 heteroatoms. The normalized spacial score (nSPS) is 68.0. The van der Waals surface area contributed by atoms with Crippen molar-refractivity contribution in [2.75, 3.05) is 7.11 Å². The zero-order chi connectivity index (χ0) is 17.7. The van der Waals surface area contributed by atoms with Crippen LogP contribution in [0.1, 0.15) is 46.0 Å². The molecule has 7 aliphatic carbocycles. The largest absolute Gasteiger partial charge is 0.469 e. The summed E-state index contributed by atoms with van der Waals surface area (Å²) in [6.45, 7) is 4.67. The minimum Gasteiger partial charge on any atom is -0.469 e. The van der Waals surface area contributed by atoms with E-state index < -0.39 is 0 Å². The van der Waals surface area contributed by atoms with Gasteiger partial charge in [0.25, 0.3) is 0 Å². The summed E-state index contributed by atoms with van der Waals surface area (Å²) in [5.41, 5.74) is -0.349. The molecule has 0 aliphatic heterocycles. The van der Waals surface area contributed by atoms with Crippen LogP contribution in [0.15, 0.2) is 0 Å². The Balaban J connectivity index is 1.51. The maximum absolute atomic E-state index is 13.7. The first-order valence-electron chi connectivity index (χ1n) is 11.1. The predicted octanol–water partition coefficient (Wildman–Crippen LogP) is 3.57. The van der Waals surface area contributed by atoms with Crippen molar-refractivity contribution in [2.45, 2.75) is 46.0 Å². The van der Waals surface area contributed by atoms with Gasteiger partial charge in [-0.25, -0.2) is 0 Å². The molecule has 140 valence electrons. The molecule has 7 fully saturated rings. The first kappa shape index (κ1) is 15.1. The molecule has 3 nitrogen and oxygen atoms in total. The van der Waals surface area contributed by atoms with Crippen LogP contribution in [-0.4, -0.2) is 18.9 Å². The third-order valence-corrected chi connectivity index (χ3v) is 11.6. The van der Waals surface area contributed by atoms with Crippen LogP contribution in [0.5, 0.6) is 0 Å². The number of rotatable bonds is 1. The standard InChI is InChI=1S/C23H30O3/c1-22-16-9-5-4-6-10(9)17-14(16)15-18(23(17,2)21(25)26-3)11-7-8-12(20(22)24)13(11)19(15)22/h9-19H,4-8H2,1-3H3/t9-,10+,11-,12-,13-,14-,15-,16+,17+,18+,19-,22-,23-/m0/s1. The maximum atomic E-state index is 13.7. The molecule has 0 heterocycles. The highest BCUT2D eigenvalue weighted by Gasteiger charge is 2.87. The van der Waals surface area contributed by atoms with Gasteiger partial charge in [0.15, 0.2) is 0 Å². The number of hydrogen-bond donors (Lipinski definition) is 0. The molecule has 0 bridgehead atoms. The third-order valence-electron chi connectivity index (χ3n) is 11.6. The zero-order valence-electron chi connectivity index (χ0n) is 16.1. The summed E-state index contributed by atoms with van der Waals surface area (Å²) in [5, 5.41) is 0. The van der Waals surface area contributed by atoms with E-state index in [1.807, 2.05) is 0 Å². The molecule has 0 unspecified atom stereocenters. The van der Waals surface area contributed by atoms with Crippen LogP contribution in [0.3, 0.4) is 0 Å². The van der Waals surface area contributed by atoms with Crippen LogP contribution in [-0.2, 0) is 14.3 Å². The van der Waals surface area contributed by atoms with E-state index in [1.165, 1.54) is 25.7 Å². The van der Waals surface area contributed by atoms with Crippen molar-refractivity contribution in [3.05, 3.63) is 0 Å². The Morgan fingerprint density at radius 2 is 1.54 bits per heavy atom. The summed E-state index contributed by atoms with van der Waals surface area (Å²) >= 11 is 0. The number of carbonyl (C=O) groups excluding carboxylic acids is 2. The molecule has 0 aromatic heterocycles. The van der Waals surface area contributed by atoms with Crippen LogP contribution >= 0.6 is 0 Å². The average molecular weight is 354 g/mol. The summed E-state index contributed by atoms with van der Waals surface area (Å²) in [6.07, 6.45) is 6.15. The van der Waals surface area contributed by atoms with Crippen LogP contribution in [0, 0.1) is 75.9 Å². The Bertz CT molecular complexity index is 751. The van der Waals surface area contributed by atoms with Crippen molar-refractivity contribution in [3.63, 3.8) is 0 Å². The van der Waals surface area contributed by atoms with Crippen molar-refractivity contribution in [1.29, 1.82) is 0 Å². The zero-order valence-corrected chi connectivity index (χ0v) is 16.1. The highest BCUT2D eigenvalue weighted by atomic mass is 16.5. The highest BCUT2D eigenvalue weighted by Crippen LogP contribution is 2.87. The first-order chi connectivity index (χ1) is 12.5. The lowest BCUT2D eigenvalue weighted by Crippen LogP contribution is -2.44. The van der Waals surface area contributed by atoms with Crippen LogP contribution in [0.25, 0.3) is 0 Å². The van der Waals surface area contributed by atoms with Gasteiger partial charge in [-0.1, -0.05) is 13.3 Å². The van der Waals surface area contributed by atoms with Crippen molar-refractivity contribution in [1.82, 2.24) is 0 Å². The van der Waals surface area contributed by atoms with E-state index in [0.717, 1.165) is 6.42 Å². The second-order valence-electron chi connectivity index (χ2n) is 11.4. The van der Waals surface area contributed by atoms with Gasteiger partial charge < -0.3 is 4.74 Å². The Morgan fingerprint density at radius 3 is 2.27 bits per heavy atom. The fourth-order valence-corrected chi connectivity index (χ4v) is 11.7. The van der Waals surface area contributed by atoms with Crippen molar-refractivity contribution in [3.8, 4) is 0 Å². The molecule has 0 N–H and O–H groups in total. The minimum absolute atomic E-state index is 0.0580. The van der Waals surface area contributed by atoms with Gasteiger partial charge >= 0.3 is 5.97 Å². The lowest BCUT2D eigenvalue weighted by Gasteiger charge is -2.39. The van der Waals surface area contributed by atoms with E-state index in [0.29, 0.717) is 70.9 Å². The van der Waals surface area contributed by atoms with Gasteiger partial charge in [0.1, 0.15) is 5.78 Å². The van der Waals surface area contributed by atoms with Gasteiger partial charge in [0.2, 0.25) is 0 Å². The molecule has 0 aromatic rings. The third kappa shape index (κ3) is 1.13. The smallest absolute Gasteiger partial charge is 0.312 e.